The highest BCUT2D eigenvalue weighted by atomic mass is 32.2. The van der Waals surface area contributed by atoms with E-state index in [1.807, 2.05) is 6.92 Å². The Morgan fingerprint density at radius 2 is 1.69 bits per heavy atom. The third-order valence-corrected chi connectivity index (χ3v) is 7.70. The second kappa shape index (κ2) is 7.51. The van der Waals surface area contributed by atoms with E-state index in [0.29, 0.717) is 13.1 Å². The van der Waals surface area contributed by atoms with Crippen molar-refractivity contribution in [2.24, 2.45) is 0 Å². The summed E-state index contributed by atoms with van der Waals surface area (Å²) >= 11 is 0. The molecule has 1 fully saturated rings. The predicted molar refractivity (Wildman–Crippen MR) is 98.3 cm³/mol. The van der Waals surface area contributed by atoms with Crippen molar-refractivity contribution in [3.05, 3.63) is 24.3 Å². The van der Waals surface area contributed by atoms with E-state index in [2.05, 4.69) is 4.72 Å². The van der Waals surface area contributed by atoms with Crippen molar-refractivity contribution in [2.45, 2.75) is 24.8 Å². The van der Waals surface area contributed by atoms with Crippen LogP contribution >= 0.6 is 0 Å². The fourth-order valence-corrected chi connectivity index (χ4v) is 4.82. The molecule has 1 amide bonds. The molecule has 1 atom stereocenters. The van der Waals surface area contributed by atoms with Gasteiger partial charge in [0.2, 0.25) is 15.9 Å². The number of carbonyl (C=O) groups is 1. The summed E-state index contributed by atoms with van der Waals surface area (Å²) < 4.78 is 53.9. The Hall–Kier alpha value is -1.69. The molecule has 26 heavy (non-hydrogen) atoms. The molecule has 1 N–H and O–H groups in total. The molecule has 9 nitrogen and oxygen atoms in total. The van der Waals surface area contributed by atoms with Crippen LogP contribution in [0.1, 0.15) is 13.8 Å². The lowest BCUT2D eigenvalue weighted by Gasteiger charge is -2.37. The summed E-state index contributed by atoms with van der Waals surface area (Å²) in [5, 5.41) is 0. The highest BCUT2D eigenvalue weighted by Gasteiger charge is 2.38. The summed E-state index contributed by atoms with van der Waals surface area (Å²) in [5.41, 5.74) is 0.248. The average Bonchev–Trinajstić information content (AvgIpc) is 2.57. The standard InChI is InChI=1S/C15H24N4O5S2/c1-5-18-10-11-19(12(2)15(18)20)25(21,22)14-8-6-13(7-9-14)16-26(23,24)17(3)4/h6-9,12,16H,5,10-11H2,1-4H3. The number of likely N-dealkylation sites (N-methyl/N-ethyl adjacent to an activating group) is 1. The number of hydrogen-bond acceptors (Lipinski definition) is 5. The van der Waals surface area contributed by atoms with Crippen LogP contribution in [0.2, 0.25) is 0 Å². The second-order valence-electron chi connectivity index (χ2n) is 6.12. The fourth-order valence-electron chi connectivity index (χ4n) is 2.62. The molecular weight excluding hydrogens is 380 g/mol. The van der Waals surface area contributed by atoms with Gasteiger partial charge in [-0.15, -0.1) is 0 Å². The van der Waals surface area contributed by atoms with Crippen LogP contribution in [-0.4, -0.2) is 76.0 Å². The number of nitrogens with one attached hydrogen (secondary N) is 1. The molecule has 11 heteroatoms. The monoisotopic (exact) mass is 404 g/mol. The molecule has 1 heterocycles. The van der Waals surface area contributed by atoms with Crippen molar-refractivity contribution in [3.63, 3.8) is 0 Å². The fraction of sp³-hybridized carbons (Fsp3) is 0.533. The van der Waals surface area contributed by atoms with E-state index in [4.69, 9.17) is 0 Å². The number of amides is 1. The van der Waals surface area contributed by atoms with Gasteiger partial charge in [-0.1, -0.05) is 0 Å². The number of hydrogen-bond donors (Lipinski definition) is 1. The Morgan fingerprint density at radius 1 is 1.12 bits per heavy atom. The third kappa shape index (κ3) is 4.00. The second-order valence-corrected chi connectivity index (χ2v) is 9.90. The van der Waals surface area contributed by atoms with Crippen LogP contribution in [0.25, 0.3) is 0 Å². The quantitative estimate of drug-likeness (QED) is 0.726. The minimum Gasteiger partial charge on any atom is -0.340 e. The molecule has 2 rings (SSSR count). The lowest BCUT2D eigenvalue weighted by Crippen LogP contribution is -2.57. The van der Waals surface area contributed by atoms with E-state index in [0.717, 1.165) is 4.31 Å². The van der Waals surface area contributed by atoms with E-state index in [9.17, 15) is 21.6 Å². The Morgan fingerprint density at radius 3 is 2.19 bits per heavy atom. The number of anilines is 1. The molecule has 0 saturated carbocycles. The van der Waals surface area contributed by atoms with Crippen molar-refractivity contribution in [1.29, 1.82) is 0 Å². The molecule has 0 bridgehead atoms. The van der Waals surface area contributed by atoms with Gasteiger partial charge in [0.15, 0.2) is 0 Å². The molecule has 0 radical (unpaired) electrons. The van der Waals surface area contributed by atoms with Gasteiger partial charge in [0.25, 0.3) is 0 Å². The molecular formula is C15H24N4O5S2. The summed E-state index contributed by atoms with van der Waals surface area (Å²) in [6.07, 6.45) is 0. The van der Waals surface area contributed by atoms with E-state index in [1.165, 1.54) is 42.7 Å². The first kappa shape index (κ1) is 20.6. The zero-order chi connectivity index (χ0) is 19.7. The molecule has 146 valence electrons. The van der Waals surface area contributed by atoms with Gasteiger partial charge in [0.05, 0.1) is 4.90 Å². The van der Waals surface area contributed by atoms with Gasteiger partial charge in [-0.05, 0) is 38.1 Å². The van der Waals surface area contributed by atoms with E-state index in [1.54, 1.807) is 11.8 Å². The van der Waals surface area contributed by atoms with Crippen LogP contribution in [0.5, 0.6) is 0 Å². The topological polar surface area (TPSA) is 107 Å². The van der Waals surface area contributed by atoms with Crippen LogP contribution in [0.3, 0.4) is 0 Å². The molecule has 1 aliphatic rings. The van der Waals surface area contributed by atoms with E-state index < -0.39 is 26.3 Å². The van der Waals surface area contributed by atoms with Crippen LogP contribution in [0.15, 0.2) is 29.2 Å². The number of rotatable bonds is 6. The molecule has 0 aliphatic carbocycles. The summed E-state index contributed by atoms with van der Waals surface area (Å²) in [6.45, 7) is 4.53. The largest absolute Gasteiger partial charge is 0.340 e. The van der Waals surface area contributed by atoms with Gasteiger partial charge in [-0.3, -0.25) is 9.52 Å². The smallest absolute Gasteiger partial charge is 0.301 e. The van der Waals surface area contributed by atoms with Crippen molar-refractivity contribution in [3.8, 4) is 0 Å². The number of sulfonamides is 1. The zero-order valence-electron chi connectivity index (χ0n) is 15.2. The number of benzene rings is 1. The van der Waals surface area contributed by atoms with E-state index in [-0.39, 0.29) is 23.0 Å². The first-order valence-electron chi connectivity index (χ1n) is 8.11. The molecule has 1 aliphatic heterocycles. The first-order valence-corrected chi connectivity index (χ1v) is 11.0. The highest BCUT2D eigenvalue weighted by Crippen LogP contribution is 2.23. The summed E-state index contributed by atoms with van der Waals surface area (Å²) in [7, 11) is -4.76. The van der Waals surface area contributed by atoms with Gasteiger partial charge in [0.1, 0.15) is 6.04 Å². The van der Waals surface area contributed by atoms with Gasteiger partial charge in [-0.25, -0.2) is 8.42 Å². The van der Waals surface area contributed by atoms with Crippen molar-refractivity contribution in [2.75, 3.05) is 38.5 Å². The summed E-state index contributed by atoms with van der Waals surface area (Å²) in [5.74, 6) is -0.224. The van der Waals surface area contributed by atoms with Gasteiger partial charge < -0.3 is 4.90 Å². The molecule has 0 aromatic heterocycles. The van der Waals surface area contributed by atoms with Crippen molar-refractivity contribution in [1.82, 2.24) is 13.5 Å². The maximum atomic E-state index is 12.9. The zero-order valence-corrected chi connectivity index (χ0v) is 16.8. The Kier molecular flexibility index (Phi) is 5.95. The van der Waals surface area contributed by atoms with Gasteiger partial charge in [-0.2, -0.15) is 17.0 Å². The molecule has 0 spiro atoms. The Balaban J connectivity index is 2.24. The molecule has 1 saturated heterocycles. The summed E-state index contributed by atoms with van der Waals surface area (Å²) in [4.78, 5) is 13.9. The normalized spacial score (nSPS) is 19.8. The summed E-state index contributed by atoms with van der Waals surface area (Å²) in [6, 6.07) is 4.63. The van der Waals surface area contributed by atoms with Crippen LogP contribution < -0.4 is 4.72 Å². The number of piperazine rings is 1. The maximum Gasteiger partial charge on any atom is 0.301 e. The van der Waals surface area contributed by atoms with Crippen LogP contribution in [-0.2, 0) is 25.0 Å². The van der Waals surface area contributed by atoms with Crippen LogP contribution in [0, 0.1) is 0 Å². The average molecular weight is 405 g/mol. The SMILES string of the molecule is CCN1CCN(S(=O)(=O)c2ccc(NS(=O)(=O)N(C)C)cc2)C(C)C1=O. The third-order valence-electron chi connectivity index (χ3n) is 4.26. The minimum absolute atomic E-state index is 0.00917. The lowest BCUT2D eigenvalue weighted by molar-refractivity contribution is -0.137. The maximum absolute atomic E-state index is 12.9. The van der Waals surface area contributed by atoms with Crippen molar-refractivity contribution >= 4 is 31.8 Å². The molecule has 1 aromatic carbocycles. The van der Waals surface area contributed by atoms with E-state index >= 15 is 0 Å². The number of nitrogens with zero attached hydrogens (tertiary/aromatic N) is 3. The van der Waals surface area contributed by atoms with Crippen LogP contribution in [0.4, 0.5) is 5.69 Å². The minimum atomic E-state index is -3.85. The van der Waals surface area contributed by atoms with Gasteiger partial charge in [0, 0.05) is 39.4 Å². The number of carbonyl (C=O) groups excluding carboxylic acids is 1. The molecule has 1 unspecified atom stereocenters. The van der Waals surface area contributed by atoms with Gasteiger partial charge >= 0.3 is 10.2 Å². The predicted octanol–water partition coefficient (Wildman–Crippen LogP) is 0.146. The highest BCUT2D eigenvalue weighted by molar-refractivity contribution is 7.90. The Labute approximate surface area is 154 Å². The van der Waals surface area contributed by atoms with Crippen molar-refractivity contribution < 1.29 is 21.6 Å². The first-order chi connectivity index (χ1) is 12.0. The molecule has 1 aromatic rings. The Bertz CT molecular complexity index is 866. The lowest BCUT2D eigenvalue weighted by atomic mass is 10.2.